The van der Waals surface area contributed by atoms with E-state index in [9.17, 15) is 13.2 Å². The van der Waals surface area contributed by atoms with Crippen LogP contribution in [-0.2, 0) is 6.18 Å². The maximum absolute atomic E-state index is 12.6. The number of hydrogen-bond donors (Lipinski definition) is 2. The van der Waals surface area contributed by atoms with E-state index in [1.54, 1.807) is 6.07 Å². The summed E-state index contributed by atoms with van der Waals surface area (Å²) in [4.78, 5) is 4.05. The fourth-order valence-corrected chi connectivity index (χ4v) is 2.05. The van der Waals surface area contributed by atoms with Crippen molar-refractivity contribution in [1.82, 2.24) is 4.98 Å². The Morgan fingerprint density at radius 3 is 2.52 bits per heavy atom. The van der Waals surface area contributed by atoms with Gasteiger partial charge in [-0.2, -0.15) is 13.2 Å². The van der Waals surface area contributed by atoms with Gasteiger partial charge >= 0.3 is 6.18 Å². The zero-order chi connectivity index (χ0) is 15.6. The van der Waals surface area contributed by atoms with Crippen molar-refractivity contribution < 1.29 is 13.2 Å². The lowest BCUT2D eigenvalue weighted by molar-refractivity contribution is -0.137. The summed E-state index contributed by atoms with van der Waals surface area (Å²) in [6, 6.07) is 4.62. The molecule has 2 aromatic rings. The second-order valence-electron chi connectivity index (χ2n) is 4.10. The molecular formula is C13H9ClF3N3S. The van der Waals surface area contributed by atoms with Gasteiger partial charge in [0, 0.05) is 11.8 Å². The van der Waals surface area contributed by atoms with Crippen LogP contribution in [0.25, 0.3) is 0 Å². The standard InChI is InChI=1S/C13H9ClF3N3S/c14-9-5-7(13(15,16)17)1-2-10(9)20-11-6-19-4-3-8(11)12(18)21/h1-6,20H,(H2,18,21). The van der Waals surface area contributed by atoms with Crippen LogP contribution >= 0.6 is 23.8 Å². The van der Waals surface area contributed by atoms with Crippen LogP contribution in [0.5, 0.6) is 0 Å². The summed E-state index contributed by atoms with van der Waals surface area (Å²) in [5.41, 5.74) is 6.04. The highest BCUT2D eigenvalue weighted by atomic mass is 35.5. The third kappa shape index (κ3) is 3.62. The summed E-state index contributed by atoms with van der Waals surface area (Å²) in [7, 11) is 0. The maximum atomic E-state index is 12.6. The van der Waals surface area contributed by atoms with Gasteiger partial charge in [0.2, 0.25) is 0 Å². The van der Waals surface area contributed by atoms with Gasteiger partial charge in [0.1, 0.15) is 4.99 Å². The lowest BCUT2D eigenvalue weighted by Crippen LogP contribution is -2.12. The van der Waals surface area contributed by atoms with E-state index in [4.69, 9.17) is 29.6 Å². The third-order valence-electron chi connectivity index (χ3n) is 2.65. The summed E-state index contributed by atoms with van der Waals surface area (Å²) in [6.45, 7) is 0. The first-order valence-corrected chi connectivity index (χ1v) is 6.45. The van der Waals surface area contributed by atoms with Crippen LogP contribution in [0.2, 0.25) is 5.02 Å². The predicted molar refractivity (Wildman–Crippen MR) is 79.9 cm³/mol. The number of aromatic nitrogens is 1. The zero-order valence-electron chi connectivity index (χ0n) is 10.4. The third-order valence-corrected chi connectivity index (χ3v) is 3.18. The Morgan fingerprint density at radius 2 is 1.95 bits per heavy atom. The molecule has 0 atom stereocenters. The highest BCUT2D eigenvalue weighted by molar-refractivity contribution is 7.80. The van der Waals surface area contributed by atoms with Gasteiger partial charge in [-0.05, 0) is 24.3 Å². The summed E-state index contributed by atoms with van der Waals surface area (Å²) in [5, 5.41) is 2.80. The maximum Gasteiger partial charge on any atom is 0.416 e. The average Bonchev–Trinajstić information content (AvgIpc) is 2.40. The van der Waals surface area contributed by atoms with Crippen LogP contribution < -0.4 is 11.1 Å². The van der Waals surface area contributed by atoms with Gasteiger partial charge in [-0.3, -0.25) is 4.98 Å². The largest absolute Gasteiger partial charge is 0.416 e. The normalized spacial score (nSPS) is 11.2. The first-order valence-electron chi connectivity index (χ1n) is 5.66. The van der Waals surface area contributed by atoms with Crippen molar-refractivity contribution in [3.8, 4) is 0 Å². The molecule has 3 N–H and O–H groups in total. The molecule has 0 saturated heterocycles. The number of alkyl halides is 3. The Kier molecular flexibility index (Phi) is 4.34. The number of nitrogens with one attached hydrogen (secondary N) is 1. The van der Waals surface area contributed by atoms with Crippen molar-refractivity contribution in [2.24, 2.45) is 5.73 Å². The molecule has 110 valence electrons. The van der Waals surface area contributed by atoms with Crippen LogP contribution in [-0.4, -0.2) is 9.97 Å². The van der Waals surface area contributed by atoms with E-state index in [0.29, 0.717) is 16.9 Å². The molecule has 0 radical (unpaired) electrons. The molecule has 0 aliphatic rings. The van der Waals surface area contributed by atoms with Gasteiger partial charge in [-0.1, -0.05) is 23.8 Å². The van der Waals surface area contributed by atoms with Crippen molar-refractivity contribution >= 4 is 40.2 Å². The second kappa shape index (κ2) is 5.87. The van der Waals surface area contributed by atoms with Crippen LogP contribution in [0.15, 0.2) is 36.7 Å². The topological polar surface area (TPSA) is 50.9 Å². The van der Waals surface area contributed by atoms with E-state index in [0.717, 1.165) is 12.1 Å². The molecule has 0 amide bonds. The summed E-state index contributed by atoms with van der Waals surface area (Å²) < 4.78 is 37.7. The monoisotopic (exact) mass is 331 g/mol. The highest BCUT2D eigenvalue weighted by Crippen LogP contribution is 2.35. The first-order chi connectivity index (χ1) is 9.79. The number of thiocarbonyl (C=S) groups is 1. The van der Waals surface area contributed by atoms with E-state index >= 15 is 0 Å². The van der Waals surface area contributed by atoms with Gasteiger partial charge in [0.25, 0.3) is 0 Å². The Labute approximate surface area is 128 Å². The molecule has 3 nitrogen and oxygen atoms in total. The Hall–Kier alpha value is -1.86. The second-order valence-corrected chi connectivity index (χ2v) is 4.95. The molecule has 21 heavy (non-hydrogen) atoms. The first kappa shape index (κ1) is 15.5. The quantitative estimate of drug-likeness (QED) is 0.830. The molecule has 0 bridgehead atoms. The number of nitrogens with two attached hydrogens (primary N) is 1. The van der Waals surface area contributed by atoms with Gasteiger partial charge in [-0.15, -0.1) is 0 Å². The molecule has 1 aromatic carbocycles. The molecule has 0 fully saturated rings. The Balaban J connectivity index is 2.35. The zero-order valence-corrected chi connectivity index (χ0v) is 12.0. The molecule has 1 heterocycles. The van der Waals surface area contributed by atoms with Crippen LogP contribution in [0.1, 0.15) is 11.1 Å². The molecule has 0 unspecified atom stereocenters. The van der Waals surface area contributed by atoms with Crippen LogP contribution in [0.4, 0.5) is 24.5 Å². The number of benzene rings is 1. The number of rotatable bonds is 3. The van der Waals surface area contributed by atoms with Crippen molar-refractivity contribution in [3.63, 3.8) is 0 Å². The number of nitrogens with zero attached hydrogens (tertiary/aromatic N) is 1. The number of hydrogen-bond acceptors (Lipinski definition) is 3. The Morgan fingerprint density at radius 1 is 1.24 bits per heavy atom. The molecule has 0 aliphatic carbocycles. The van der Waals surface area contributed by atoms with Gasteiger partial charge < -0.3 is 11.1 Å². The molecule has 0 aliphatic heterocycles. The predicted octanol–water partition coefficient (Wildman–Crippen LogP) is 4.13. The minimum Gasteiger partial charge on any atom is -0.389 e. The minimum absolute atomic E-state index is 0.0671. The van der Waals surface area contributed by atoms with Gasteiger partial charge in [0.05, 0.1) is 28.2 Å². The Bertz CT molecular complexity index is 689. The molecule has 2 rings (SSSR count). The highest BCUT2D eigenvalue weighted by Gasteiger charge is 2.30. The summed E-state index contributed by atoms with van der Waals surface area (Å²) in [5.74, 6) is 0. The molecular weight excluding hydrogens is 323 g/mol. The molecule has 1 aromatic heterocycles. The molecule has 0 spiro atoms. The molecule has 8 heteroatoms. The fourth-order valence-electron chi connectivity index (χ4n) is 1.65. The van der Waals surface area contributed by atoms with E-state index in [-0.39, 0.29) is 10.0 Å². The lowest BCUT2D eigenvalue weighted by atomic mass is 10.1. The molecule has 0 saturated carbocycles. The van der Waals surface area contributed by atoms with Crippen LogP contribution in [0, 0.1) is 0 Å². The van der Waals surface area contributed by atoms with E-state index in [2.05, 4.69) is 10.3 Å². The van der Waals surface area contributed by atoms with Crippen molar-refractivity contribution in [2.75, 3.05) is 5.32 Å². The van der Waals surface area contributed by atoms with Gasteiger partial charge in [-0.25, -0.2) is 0 Å². The summed E-state index contributed by atoms with van der Waals surface area (Å²) >= 11 is 10.8. The van der Waals surface area contributed by atoms with E-state index < -0.39 is 11.7 Å². The van der Waals surface area contributed by atoms with Crippen molar-refractivity contribution in [2.45, 2.75) is 6.18 Å². The number of pyridine rings is 1. The van der Waals surface area contributed by atoms with E-state index in [1.165, 1.54) is 18.5 Å². The number of halogens is 4. The van der Waals surface area contributed by atoms with Crippen LogP contribution in [0.3, 0.4) is 0 Å². The fraction of sp³-hybridized carbons (Fsp3) is 0.0769. The van der Waals surface area contributed by atoms with E-state index in [1.807, 2.05) is 0 Å². The SMILES string of the molecule is NC(=S)c1ccncc1Nc1ccc(C(F)(F)F)cc1Cl. The van der Waals surface area contributed by atoms with Crippen molar-refractivity contribution in [1.29, 1.82) is 0 Å². The lowest BCUT2D eigenvalue weighted by Gasteiger charge is -2.13. The summed E-state index contributed by atoms with van der Waals surface area (Å²) in [6.07, 6.45) is -1.48. The smallest absolute Gasteiger partial charge is 0.389 e. The number of anilines is 2. The van der Waals surface area contributed by atoms with Gasteiger partial charge in [0.15, 0.2) is 0 Å². The van der Waals surface area contributed by atoms with Crippen molar-refractivity contribution in [3.05, 3.63) is 52.8 Å². The average molecular weight is 332 g/mol. The minimum atomic E-state index is -4.44.